The third-order valence-electron chi connectivity index (χ3n) is 6.36. The number of aromatic nitrogens is 3. The first-order valence-corrected chi connectivity index (χ1v) is 10.9. The zero-order valence-corrected chi connectivity index (χ0v) is 19.0. The Morgan fingerprint density at radius 2 is 2.00 bits per heavy atom. The monoisotopic (exact) mass is 439 g/mol. The summed E-state index contributed by atoms with van der Waals surface area (Å²) in [6, 6.07) is 5.67. The molecule has 1 saturated carbocycles. The molecule has 2 saturated heterocycles. The number of nitriles is 1. The summed E-state index contributed by atoms with van der Waals surface area (Å²) in [5.41, 5.74) is 1.13. The molecule has 3 aliphatic rings. The number of fused-ring (bicyclic) bond motifs is 4. The topological polar surface area (TPSA) is 119 Å². The van der Waals surface area contributed by atoms with E-state index in [1.165, 1.54) is 0 Å². The second-order valence-corrected chi connectivity index (χ2v) is 9.74. The van der Waals surface area contributed by atoms with E-state index in [9.17, 15) is 10.1 Å². The Hall–Kier alpha value is -2.99. The summed E-state index contributed by atoms with van der Waals surface area (Å²) in [7, 11) is 1.56. The summed E-state index contributed by atoms with van der Waals surface area (Å²) >= 11 is 0. The van der Waals surface area contributed by atoms with Gasteiger partial charge in [0.05, 0.1) is 24.9 Å². The van der Waals surface area contributed by atoms with E-state index in [0.717, 1.165) is 37.7 Å². The number of methoxy groups -OCH3 is 1. The van der Waals surface area contributed by atoms with Crippen molar-refractivity contribution in [2.75, 3.05) is 13.7 Å². The summed E-state index contributed by atoms with van der Waals surface area (Å²) in [5.74, 6) is 0.471. The van der Waals surface area contributed by atoms with Crippen LogP contribution in [0.5, 0.6) is 5.88 Å². The van der Waals surface area contributed by atoms with E-state index in [1.54, 1.807) is 19.2 Å². The molecule has 5 rings (SSSR count). The molecule has 2 aromatic heterocycles. The molecule has 170 valence electrons. The predicted octanol–water partition coefficient (Wildman–Crippen LogP) is 3.44. The number of hydrogen-bond donors (Lipinski definition) is 1. The van der Waals surface area contributed by atoms with E-state index >= 15 is 0 Å². The van der Waals surface area contributed by atoms with Gasteiger partial charge in [-0.15, -0.1) is 10.2 Å². The first-order chi connectivity index (χ1) is 15.2. The molecule has 2 bridgehead atoms. The van der Waals surface area contributed by atoms with Crippen LogP contribution in [0.25, 0.3) is 11.0 Å². The molecule has 3 fully saturated rings. The van der Waals surface area contributed by atoms with Crippen LogP contribution >= 0.6 is 0 Å². The van der Waals surface area contributed by atoms with Crippen LogP contribution in [-0.4, -0.2) is 51.7 Å². The van der Waals surface area contributed by atoms with Gasteiger partial charge < -0.3 is 19.5 Å². The number of hydrogen-bond acceptors (Lipinski definition) is 8. The van der Waals surface area contributed by atoms with E-state index in [4.69, 9.17) is 14.2 Å². The number of nitrogens with one attached hydrogen (secondary N) is 1. The minimum atomic E-state index is -0.537. The maximum absolute atomic E-state index is 12.3. The Labute approximate surface area is 187 Å². The van der Waals surface area contributed by atoms with Gasteiger partial charge in [0.1, 0.15) is 22.7 Å². The van der Waals surface area contributed by atoms with Crippen LogP contribution in [-0.2, 0) is 15.9 Å². The van der Waals surface area contributed by atoms with Crippen LogP contribution in [0.3, 0.4) is 0 Å². The molecule has 2 aliphatic heterocycles. The lowest BCUT2D eigenvalue weighted by atomic mass is 9.69. The number of alkyl carbamates (subject to hydrolysis) is 1. The van der Waals surface area contributed by atoms with Crippen LogP contribution in [0.4, 0.5) is 4.79 Å². The zero-order valence-electron chi connectivity index (χ0n) is 19.0. The lowest BCUT2D eigenvalue weighted by molar-refractivity contribution is -0.163. The molecule has 32 heavy (non-hydrogen) atoms. The first-order valence-electron chi connectivity index (χ1n) is 10.9. The third kappa shape index (κ3) is 4.46. The van der Waals surface area contributed by atoms with Crippen LogP contribution < -0.4 is 10.1 Å². The van der Waals surface area contributed by atoms with Crippen molar-refractivity contribution >= 4 is 17.1 Å². The van der Waals surface area contributed by atoms with Gasteiger partial charge in [-0.1, -0.05) is 0 Å². The van der Waals surface area contributed by atoms with E-state index in [2.05, 4.69) is 26.6 Å². The smallest absolute Gasteiger partial charge is 0.408 e. The van der Waals surface area contributed by atoms with Gasteiger partial charge in [-0.2, -0.15) is 5.26 Å². The summed E-state index contributed by atoms with van der Waals surface area (Å²) in [5, 5.41) is 20.8. The fourth-order valence-electron chi connectivity index (χ4n) is 4.57. The van der Waals surface area contributed by atoms with Crippen LogP contribution in [0.1, 0.15) is 64.1 Å². The van der Waals surface area contributed by atoms with E-state index in [-0.39, 0.29) is 16.8 Å². The zero-order chi connectivity index (χ0) is 23.0. The molecule has 0 unspecified atom stereocenters. The van der Waals surface area contributed by atoms with Crippen molar-refractivity contribution in [3.05, 3.63) is 23.4 Å². The van der Waals surface area contributed by atoms with Gasteiger partial charge >= 0.3 is 6.09 Å². The highest BCUT2D eigenvalue weighted by Crippen LogP contribution is 2.46. The van der Waals surface area contributed by atoms with Crippen molar-refractivity contribution in [3.63, 3.8) is 0 Å². The number of ether oxygens (including phenoxy) is 3. The van der Waals surface area contributed by atoms with E-state index < -0.39 is 11.7 Å². The highest BCUT2D eigenvalue weighted by molar-refractivity contribution is 5.79. The van der Waals surface area contributed by atoms with E-state index in [1.807, 2.05) is 20.8 Å². The molecule has 0 aromatic carbocycles. The average molecular weight is 440 g/mol. The highest BCUT2D eigenvalue weighted by Gasteiger charge is 2.50. The summed E-state index contributed by atoms with van der Waals surface area (Å²) in [6.07, 6.45) is 4.27. The van der Waals surface area contributed by atoms with Crippen molar-refractivity contribution in [2.45, 2.75) is 76.0 Å². The first kappa shape index (κ1) is 22.2. The van der Waals surface area contributed by atoms with Crippen molar-refractivity contribution < 1.29 is 19.0 Å². The quantitative estimate of drug-likeness (QED) is 0.752. The Morgan fingerprint density at radius 3 is 2.59 bits per heavy atom. The number of aryl methyl sites for hydroxylation is 1. The van der Waals surface area contributed by atoms with Gasteiger partial charge in [-0.25, -0.2) is 9.78 Å². The Morgan fingerprint density at radius 1 is 1.25 bits per heavy atom. The van der Waals surface area contributed by atoms with Gasteiger partial charge in [0.25, 0.3) is 0 Å². The van der Waals surface area contributed by atoms with Gasteiger partial charge in [-0.05, 0) is 65.4 Å². The number of nitrogens with zero attached hydrogens (tertiary/aromatic N) is 4. The lowest BCUT2D eigenvalue weighted by Crippen LogP contribution is -2.63. The molecule has 0 radical (unpaired) electrons. The standard InChI is InChI=1S/C23H29N5O4/c1-21(2,3)32-20(29)26-22-9-11-23(12-10-22,31-14-22)8-7-15-17(13-24)28-27-16-5-6-18(30-4)25-19(15)16/h5-6H,7-12,14H2,1-4H3,(H,26,29). The summed E-state index contributed by atoms with van der Waals surface area (Å²) in [4.78, 5) is 16.8. The molecule has 0 atom stereocenters. The number of amides is 1. The molecule has 9 heteroatoms. The van der Waals surface area contributed by atoms with Crippen LogP contribution in [0, 0.1) is 11.3 Å². The minimum absolute atomic E-state index is 0.279. The third-order valence-corrected chi connectivity index (χ3v) is 6.36. The molecule has 1 amide bonds. The largest absolute Gasteiger partial charge is 0.481 e. The van der Waals surface area contributed by atoms with Crippen molar-refractivity contribution in [1.29, 1.82) is 5.26 Å². The molecule has 4 heterocycles. The Balaban J connectivity index is 1.47. The summed E-state index contributed by atoms with van der Waals surface area (Å²) < 4.78 is 17.0. The molecular formula is C23H29N5O4. The molecular weight excluding hydrogens is 410 g/mol. The van der Waals surface area contributed by atoms with Crippen LogP contribution in [0.15, 0.2) is 12.1 Å². The maximum atomic E-state index is 12.3. The fourth-order valence-corrected chi connectivity index (χ4v) is 4.57. The van der Waals surface area contributed by atoms with Crippen molar-refractivity contribution in [3.8, 4) is 11.9 Å². The number of carbonyl (C=O) groups is 1. The van der Waals surface area contributed by atoms with Gasteiger partial charge in [0.2, 0.25) is 5.88 Å². The Kier molecular flexibility index (Phi) is 5.67. The van der Waals surface area contributed by atoms with Gasteiger partial charge in [0.15, 0.2) is 5.69 Å². The average Bonchev–Trinajstić information content (AvgIpc) is 2.76. The van der Waals surface area contributed by atoms with Gasteiger partial charge in [0, 0.05) is 11.6 Å². The molecule has 9 nitrogen and oxygen atoms in total. The number of rotatable bonds is 5. The molecule has 2 aromatic rings. The summed E-state index contributed by atoms with van der Waals surface area (Å²) in [6.45, 7) is 6.01. The number of carbonyl (C=O) groups excluding carboxylic acids is 1. The second kappa shape index (κ2) is 8.17. The Bertz CT molecular complexity index is 1050. The lowest BCUT2D eigenvalue weighted by Gasteiger charge is -2.53. The normalized spacial score (nSPS) is 24.7. The highest BCUT2D eigenvalue weighted by atomic mass is 16.6. The van der Waals surface area contributed by atoms with Gasteiger partial charge in [-0.3, -0.25) is 0 Å². The molecule has 1 aliphatic carbocycles. The SMILES string of the molecule is COc1ccc2nnc(C#N)c(CCC34CCC(NC(=O)OC(C)(C)C)(CC3)CO4)c2n1. The molecule has 0 spiro atoms. The fraction of sp³-hybridized carbons (Fsp3) is 0.609. The predicted molar refractivity (Wildman–Crippen MR) is 116 cm³/mol. The minimum Gasteiger partial charge on any atom is -0.481 e. The number of pyridine rings is 1. The second-order valence-electron chi connectivity index (χ2n) is 9.74. The molecule has 1 N–H and O–H groups in total. The maximum Gasteiger partial charge on any atom is 0.408 e. The van der Waals surface area contributed by atoms with Crippen molar-refractivity contribution in [2.24, 2.45) is 0 Å². The van der Waals surface area contributed by atoms with Crippen LogP contribution in [0.2, 0.25) is 0 Å². The van der Waals surface area contributed by atoms with E-state index in [0.29, 0.717) is 29.9 Å². The van der Waals surface area contributed by atoms with Crippen molar-refractivity contribution in [1.82, 2.24) is 20.5 Å².